The highest BCUT2D eigenvalue weighted by molar-refractivity contribution is 5.74. The van der Waals surface area contributed by atoms with Gasteiger partial charge in [0.05, 0.1) is 31.5 Å². The summed E-state index contributed by atoms with van der Waals surface area (Å²) in [5, 5.41) is 2.99. The van der Waals surface area contributed by atoms with E-state index in [1.54, 1.807) is 6.20 Å². The van der Waals surface area contributed by atoms with E-state index in [9.17, 15) is 4.79 Å². The first kappa shape index (κ1) is 16.7. The first-order valence-electron chi connectivity index (χ1n) is 8.16. The Morgan fingerprint density at radius 2 is 2.36 bits per heavy atom. The summed E-state index contributed by atoms with van der Waals surface area (Å²) >= 11 is 0. The second-order valence-electron chi connectivity index (χ2n) is 6.22. The van der Waals surface area contributed by atoms with Gasteiger partial charge in [-0.3, -0.25) is 4.98 Å². The highest BCUT2D eigenvalue weighted by Crippen LogP contribution is 2.16. The molecule has 0 aromatic carbocycles. The number of aryl methyl sites for hydroxylation is 1. The van der Waals surface area contributed by atoms with Crippen LogP contribution in [0, 0.1) is 5.92 Å². The zero-order valence-corrected chi connectivity index (χ0v) is 13.8. The van der Waals surface area contributed by atoms with Gasteiger partial charge in [-0.25, -0.2) is 4.79 Å². The number of aromatic nitrogens is 1. The number of ether oxygens (including phenoxy) is 1. The molecule has 1 aromatic heterocycles. The molecule has 1 atom stereocenters. The monoisotopic (exact) mass is 305 g/mol. The number of urea groups is 1. The summed E-state index contributed by atoms with van der Waals surface area (Å²) in [7, 11) is 0. The third-order valence-corrected chi connectivity index (χ3v) is 3.94. The van der Waals surface area contributed by atoms with Crippen molar-refractivity contribution in [2.45, 2.75) is 46.2 Å². The summed E-state index contributed by atoms with van der Waals surface area (Å²) in [6.07, 6.45) is 3.75. The molecule has 1 fully saturated rings. The van der Waals surface area contributed by atoms with Crippen LogP contribution in [0.4, 0.5) is 4.79 Å². The fourth-order valence-corrected chi connectivity index (χ4v) is 2.77. The van der Waals surface area contributed by atoms with Gasteiger partial charge in [0.2, 0.25) is 0 Å². The van der Waals surface area contributed by atoms with E-state index >= 15 is 0 Å². The zero-order valence-electron chi connectivity index (χ0n) is 13.8. The van der Waals surface area contributed by atoms with Crippen molar-refractivity contribution in [1.82, 2.24) is 15.2 Å². The Labute approximate surface area is 133 Å². The van der Waals surface area contributed by atoms with Gasteiger partial charge >= 0.3 is 6.03 Å². The molecule has 0 radical (unpaired) electrons. The van der Waals surface area contributed by atoms with Crippen LogP contribution in [0.1, 0.15) is 38.4 Å². The smallest absolute Gasteiger partial charge is 0.318 e. The van der Waals surface area contributed by atoms with Crippen LogP contribution in [0.25, 0.3) is 0 Å². The molecular formula is C17H27N3O2. The van der Waals surface area contributed by atoms with Crippen molar-refractivity contribution in [3.63, 3.8) is 0 Å². The largest absolute Gasteiger partial charge is 0.377 e. The Kier molecular flexibility index (Phi) is 6.19. The van der Waals surface area contributed by atoms with Crippen LogP contribution in [0.3, 0.4) is 0 Å². The van der Waals surface area contributed by atoms with Crippen molar-refractivity contribution in [2.24, 2.45) is 5.92 Å². The fraction of sp³-hybridized carbons (Fsp3) is 0.647. The van der Waals surface area contributed by atoms with Crippen LogP contribution in [0.2, 0.25) is 0 Å². The topological polar surface area (TPSA) is 54.5 Å². The second-order valence-corrected chi connectivity index (χ2v) is 6.22. The number of morpholine rings is 1. The van der Waals surface area contributed by atoms with Gasteiger partial charge in [-0.15, -0.1) is 0 Å². The molecule has 2 heterocycles. The molecule has 5 nitrogen and oxygen atoms in total. The number of pyridine rings is 1. The van der Waals surface area contributed by atoms with Gasteiger partial charge in [0.1, 0.15) is 0 Å². The molecule has 1 saturated heterocycles. The average molecular weight is 305 g/mol. The highest BCUT2D eigenvalue weighted by Gasteiger charge is 2.27. The highest BCUT2D eigenvalue weighted by atomic mass is 16.5. The lowest BCUT2D eigenvalue weighted by molar-refractivity contribution is 0.00549. The average Bonchev–Trinajstić information content (AvgIpc) is 2.53. The number of carbonyl (C=O) groups excluding carboxylic acids is 1. The van der Waals surface area contributed by atoms with E-state index in [4.69, 9.17) is 4.74 Å². The molecule has 2 amide bonds. The lowest BCUT2D eigenvalue weighted by Crippen LogP contribution is -2.52. The van der Waals surface area contributed by atoms with E-state index in [0.29, 0.717) is 32.2 Å². The zero-order chi connectivity index (χ0) is 15.9. The number of hydrogen-bond acceptors (Lipinski definition) is 3. The van der Waals surface area contributed by atoms with Crippen LogP contribution in [-0.4, -0.2) is 41.7 Å². The summed E-state index contributed by atoms with van der Waals surface area (Å²) in [6, 6.07) is 4.21. The van der Waals surface area contributed by atoms with E-state index in [0.717, 1.165) is 18.5 Å². The minimum atomic E-state index is -0.0161. The number of amides is 2. The van der Waals surface area contributed by atoms with Crippen LogP contribution < -0.4 is 5.32 Å². The molecule has 1 aliphatic heterocycles. The summed E-state index contributed by atoms with van der Waals surface area (Å²) in [5.74, 6) is 0.546. The standard InChI is InChI=1S/C17H27N3O2/c1-4-14-5-6-18-15(10-14)11-19-17(21)20-7-8-22-12-16(20)9-13(2)3/h5-6,10,13,16H,4,7-9,11-12H2,1-3H3,(H,19,21)/t16-/m0/s1. The molecule has 5 heteroatoms. The molecular weight excluding hydrogens is 278 g/mol. The molecule has 0 spiro atoms. The van der Waals surface area contributed by atoms with E-state index in [1.165, 1.54) is 5.56 Å². The van der Waals surface area contributed by atoms with Crippen LogP contribution in [0.5, 0.6) is 0 Å². The lowest BCUT2D eigenvalue weighted by Gasteiger charge is -2.36. The molecule has 22 heavy (non-hydrogen) atoms. The Morgan fingerprint density at radius 1 is 1.55 bits per heavy atom. The first-order valence-corrected chi connectivity index (χ1v) is 8.16. The van der Waals surface area contributed by atoms with Crippen molar-refractivity contribution in [2.75, 3.05) is 19.8 Å². The van der Waals surface area contributed by atoms with Crippen molar-refractivity contribution in [3.8, 4) is 0 Å². The third kappa shape index (κ3) is 4.70. The normalized spacial score (nSPS) is 18.5. The van der Waals surface area contributed by atoms with Crippen molar-refractivity contribution in [3.05, 3.63) is 29.6 Å². The third-order valence-electron chi connectivity index (χ3n) is 3.94. The molecule has 0 aliphatic carbocycles. The molecule has 1 aliphatic rings. The number of nitrogens with one attached hydrogen (secondary N) is 1. The molecule has 0 bridgehead atoms. The predicted molar refractivity (Wildman–Crippen MR) is 86.6 cm³/mol. The minimum Gasteiger partial charge on any atom is -0.377 e. The second kappa shape index (κ2) is 8.13. The fourth-order valence-electron chi connectivity index (χ4n) is 2.77. The van der Waals surface area contributed by atoms with Gasteiger partial charge in [0.15, 0.2) is 0 Å². The Bertz CT molecular complexity index is 491. The molecule has 122 valence electrons. The maximum Gasteiger partial charge on any atom is 0.318 e. The van der Waals surface area contributed by atoms with Crippen molar-refractivity contribution < 1.29 is 9.53 Å². The maximum atomic E-state index is 12.4. The maximum absolute atomic E-state index is 12.4. The lowest BCUT2D eigenvalue weighted by atomic mass is 10.0. The van der Waals surface area contributed by atoms with Crippen LogP contribution in [-0.2, 0) is 17.7 Å². The summed E-state index contributed by atoms with van der Waals surface area (Å²) in [6.45, 7) is 8.84. The minimum absolute atomic E-state index is 0.0161. The van der Waals surface area contributed by atoms with E-state index in [-0.39, 0.29) is 12.1 Å². The molecule has 1 N–H and O–H groups in total. The summed E-state index contributed by atoms with van der Waals surface area (Å²) < 4.78 is 5.52. The number of rotatable bonds is 5. The molecule has 2 rings (SSSR count). The first-order chi connectivity index (χ1) is 10.6. The Hall–Kier alpha value is -1.62. The predicted octanol–water partition coefficient (Wildman–Crippen LogP) is 2.60. The van der Waals surface area contributed by atoms with Gasteiger partial charge in [-0.05, 0) is 36.5 Å². The Balaban J connectivity index is 1.91. The van der Waals surface area contributed by atoms with Crippen molar-refractivity contribution in [1.29, 1.82) is 0 Å². The molecule has 1 aromatic rings. The molecule has 0 saturated carbocycles. The number of hydrogen-bond donors (Lipinski definition) is 1. The number of nitrogens with zero attached hydrogens (tertiary/aromatic N) is 2. The van der Waals surface area contributed by atoms with Gasteiger partial charge < -0.3 is 15.0 Å². The summed E-state index contributed by atoms with van der Waals surface area (Å²) in [4.78, 5) is 18.7. The summed E-state index contributed by atoms with van der Waals surface area (Å²) in [5.41, 5.74) is 2.14. The SMILES string of the molecule is CCc1ccnc(CNC(=O)N2CCOC[C@@H]2CC(C)C)c1. The van der Waals surface area contributed by atoms with Gasteiger partial charge in [-0.2, -0.15) is 0 Å². The van der Waals surface area contributed by atoms with E-state index < -0.39 is 0 Å². The van der Waals surface area contributed by atoms with Crippen molar-refractivity contribution >= 4 is 6.03 Å². The van der Waals surface area contributed by atoms with E-state index in [2.05, 4.69) is 31.1 Å². The van der Waals surface area contributed by atoms with Crippen LogP contribution >= 0.6 is 0 Å². The van der Waals surface area contributed by atoms with Crippen LogP contribution in [0.15, 0.2) is 18.3 Å². The Morgan fingerprint density at radius 3 is 3.09 bits per heavy atom. The van der Waals surface area contributed by atoms with Gasteiger partial charge in [0, 0.05) is 12.7 Å². The van der Waals surface area contributed by atoms with Gasteiger partial charge in [0.25, 0.3) is 0 Å². The molecule has 0 unspecified atom stereocenters. The quantitative estimate of drug-likeness (QED) is 0.910. The van der Waals surface area contributed by atoms with E-state index in [1.807, 2.05) is 17.0 Å². The van der Waals surface area contributed by atoms with Gasteiger partial charge in [-0.1, -0.05) is 20.8 Å². The number of carbonyl (C=O) groups is 1.